The molecule has 0 heterocycles. The van der Waals surface area contributed by atoms with Gasteiger partial charge in [0, 0.05) is 12.2 Å². The van der Waals surface area contributed by atoms with Gasteiger partial charge in [0.2, 0.25) is 0 Å². The minimum Gasteiger partial charge on any atom is -0.396 e. The van der Waals surface area contributed by atoms with Crippen LogP contribution in [-0.4, -0.2) is 22.9 Å². The summed E-state index contributed by atoms with van der Waals surface area (Å²) in [6, 6.07) is 7.95. The van der Waals surface area contributed by atoms with E-state index < -0.39 is 6.10 Å². The normalized spacial score (nSPS) is 11.9. The number of hydrogen-bond donors (Lipinski definition) is 2. The van der Waals surface area contributed by atoms with Gasteiger partial charge in [0.05, 0.1) is 6.10 Å². The second-order valence-corrected chi connectivity index (χ2v) is 4.20. The molecular weight excluding hydrogens is 212 g/mol. The maximum Gasteiger partial charge on any atom is 0.0867 e. The van der Waals surface area contributed by atoms with E-state index in [4.69, 9.17) is 5.11 Å². The van der Waals surface area contributed by atoms with Crippen LogP contribution in [0.15, 0.2) is 36.6 Å². The number of benzene rings is 1. The van der Waals surface area contributed by atoms with Gasteiger partial charge in [-0.1, -0.05) is 36.4 Å². The molecule has 1 aromatic rings. The van der Waals surface area contributed by atoms with Crippen LogP contribution in [-0.2, 0) is 0 Å². The number of rotatable bonds is 6. The molecule has 17 heavy (non-hydrogen) atoms. The van der Waals surface area contributed by atoms with E-state index in [0.29, 0.717) is 6.42 Å². The highest BCUT2D eigenvalue weighted by molar-refractivity contribution is 5.68. The van der Waals surface area contributed by atoms with Gasteiger partial charge in [0.25, 0.3) is 0 Å². The molecule has 0 amide bonds. The first-order valence-corrected chi connectivity index (χ1v) is 5.95. The lowest BCUT2D eigenvalue weighted by molar-refractivity contribution is 0.209. The number of aliphatic hydroxyl groups is 2. The van der Waals surface area contributed by atoms with Gasteiger partial charge < -0.3 is 10.2 Å². The molecule has 0 spiro atoms. The molecule has 0 saturated heterocycles. The Labute approximate surface area is 103 Å². The van der Waals surface area contributed by atoms with Crippen molar-refractivity contribution in [2.45, 2.75) is 32.3 Å². The van der Waals surface area contributed by atoms with Gasteiger partial charge in [-0.2, -0.15) is 0 Å². The maximum atomic E-state index is 10.1. The molecule has 0 aromatic heterocycles. The average Bonchev–Trinajstić information content (AvgIpc) is 2.30. The molecule has 0 saturated carbocycles. The topological polar surface area (TPSA) is 40.5 Å². The fourth-order valence-electron chi connectivity index (χ4n) is 1.82. The minimum absolute atomic E-state index is 0.171. The van der Waals surface area contributed by atoms with E-state index in [-0.39, 0.29) is 6.61 Å². The van der Waals surface area contributed by atoms with Crippen LogP contribution in [0.4, 0.5) is 0 Å². The van der Waals surface area contributed by atoms with Crippen LogP contribution >= 0.6 is 0 Å². The number of hydrogen-bond acceptors (Lipinski definition) is 2. The Hall–Kier alpha value is -1.34. The Morgan fingerprint density at radius 2 is 2.18 bits per heavy atom. The van der Waals surface area contributed by atoms with E-state index in [1.165, 1.54) is 0 Å². The molecule has 0 fully saturated rings. The third-order valence-corrected chi connectivity index (χ3v) is 2.74. The molecule has 0 aliphatic rings. The van der Waals surface area contributed by atoms with Crippen LogP contribution in [0.1, 0.15) is 30.4 Å². The average molecular weight is 232 g/mol. The highest BCUT2D eigenvalue weighted by atomic mass is 16.3. The van der Waals surface area contributed by atoms with Gasteiger partial charge in [0.1, 0.15) is 0 Å². The summed E-state index contributed by atoms with van der Waals surface area (Å²) in [6.07, 6.45) is 1.59. The molecule has 1 atom stereocenters. The Balaban J connectivity index is 2.75. The highest BCUT2D eigenvalue weighted by Gasteiger charge is 2.12. The minimum atomic E-state index is -0.555. The van der Waals surface area contributed by atoms with Crippen molar-refractivity contribution < 1.29 is 10.2 Å². The van der Waals surface area contributed by atoms with Crippen molar-refractivity contribution in [3.8, 4) is 0 Å². The third kappa shape index (κ3) is 4.20. The van der Waals surface area contributed by atoms with Crippen molar-refractivity contribution in [1.82, 2.24) is 0 Å². The van der Waals surface area contributed by atoms with Crippen LogP contribution in [0.5, 0.6) is 0 Å². The van der Waals surface area contributed by atoms with Crippen molar-refractivity contribution in [1.29, 1.82) is 0 Å². The number of aliphatic hydroxyl groups excluding tert-OH is 2. The molecule has 2 nitrogen and oxygen atoms in total. The molecule has 1 unspecified atom stereocenters. The van der Waals surface area contributed by atoms with Gasteiger partial charge in [0.15, 0.2) is 0 Å². The lowest BCUT2D eigenvalue weighted by Crippen LogP contribution is -2.09. The largest absolute Gasteiger partial charge is 0.396 e. The fraction of sp³-hybridized carbons (Fsp3) is 0.400. The zero-order valence-corrected chi connectivity index (χ0v) is 10.3. The summed E-state index contributed by atoms with van der Waals surface area (Å²) in [5.41, 5.74) is 5.69. The molecular formula is C15H20O2. The van der Waals surface area contributed by atoms with Gasteiger partial charge >= 0.3 is 0 Å². The summed E-state index contributed by atoms with van der Waals surface area (Å²) in [7, 11) is 0. The van der Waals surface area contributed by atoms with E-state index in [2.05, 4.69) is 12.3 Å². The van der Waals surface area contributed by atoms with Crippen molar-refractivity contribution in [2.75, 3.05) is 6.61 Å². The standard InChI is InChI=1S/C15H20O2/c1-3-14(15(17)9-4-5-10-16)13-8-6-7-12(2)11-13/h6-8,11,15-17H,1,4-5,9-10H2,2H3. The van der Waals surface area contributed by atoms with Gasteiger partial charge in [-0.05, 0) is 31.7 Å². The van der Waals surface area contributed by atoms with E-state index in [1.807, 2.05) is 31.2 Å². The first-order valence-electron chi connectivity index (χ1n) is 5.95. The van der Waals surface area contributed by atoms with Crippen LogP contribution in [0.25, 0.3) is 5.57 Å². The molecule has 92 valence electrons. The lowest BCUT2D eigenvalue weighted by Gasteiger charge is -2.13. The van der Waals surface area contributed by atoms with Gasteiger partial charge in [-0.25, -0.2) is 0 Å². The van der Waals surface area contributed by atoms with E-state index in [9.17, 15) is 5.11 Å². The monoisotopic (exact) mass is 232 g/mol. The van der Waals surface area contributed by atoms with Gasteiger partial charge in [-0.3, -0.25) is 0 Å². The van der Waals surface area contributed by atoms with Crippen LogP contribution < -0.4 is 0 Å². The predicted molar refractivity (Wildman–Crippen MR) is 70.7 cm³/mol. The lowest BCUT2D eigenvalue weighted by atomic mass is 9.96. The third-order valence-electron chi connectivity index (χ3n) is 2.74. The first kappa shape index (κ1) is 13.7. The van der Waals surface area contributed by atoms with Crippen molar-refractivity contribution in [3.05, 3.63) is 47.7 Å². The SMILES string of the molecule is C=C=C(c1cccc(C)c1)C(O)CCCCO. The zero-order valence-electron chi connectivity index (χ0n) is 10.3. The molecule has 2 N–H and O–H groups in total. The first-order chi connectivity index (χ1) is 8.19. The Kier molecular flexibility index (Phi) is 5.71. The van der Waals surface area contributed by atoms with Crippen molar-refractivity contribution in [3.63, 3.8) is 0 Å². The summed E-state index contributed by atoms with van der Waals surface area (Å²) in [5, 5.41) is 18.8. The molecule has 2 heteroatoms. The Morgan fingerprint density at radius 1 is 1.41 bits per heavy atom. The van der Waals surface area contributed by atoms with Crippen molar-refractivity contribution in [2.24, 2.45) is 0 Å². The number of unbranched alkanes of at least 4 members (excludes halogenated alkanes) is 1. The predicted octanol–water partition coefficient (Wildman–Crippen LogP) is 2.69. The number of aryl methyl sites for hydroxylation is 1. The van der Waals surface area contributed by atoms with Crippen molar-refractivity contribution >= 4 is 5.57 Å². The fourth-order valence-corrected chi connectivity index (χ4v) is 1.82. The van der Waals surface area contributed by atoms with E-state index in [0.717, 1.165) is 29.5 Å². The summed E-state index contributed by atoms with van der Waals surface area (Å²) >= 11 is 0. The molecule has 0 bridgehead atoms. The summed E-state index contributed by atoms with van der Waals surface area (Å²) < 4.78 is 0. The molecule has 0 radical (unpaired) electrons. The van der Waals surface area contributed by atoms with Gasteiger partial charge in [-0.15, -0.1) is 5.73 Å². The summed E-state index contributed by atoms with van der Waals surface area (Å²) in [6.45, 7) is 5.83. The van der Waals surface area contributed by atoms with Crippen LogP contribution in [0.2, 0.25) is 0 Å². The Morgan fingerprint density at radius 3 is 2.76 bits per heavy atom. The van der Waals surface area contributed by atoms with E-state index >= 15 is 0 Å². The van der Waals surface area contributed by atoms with E-state index in [1.54, 1.807) is 0 Å². The van der Waals surface area contributed by atoms with Crippen LogP contribution in [0.3, 0.4) is 0 Å². The maximum absolute atomic E-state index is 10.1. The molecule has 0 aliphatic carbocycles. The molecule has 1 aromatic carbocycles. The molecule has 1 rings (SSSR count). The summed E-state index contributed by atoms with van der Waals surface area (Å²) in [5.74, 6) is 0. The van der Waals surface area contributed by atoms with Crippen LogP contribution in [0, 0.1) is 6.92 Å². The second kappa shape index (κ2) is 7.08. The second-order valence-electron chi connectivity index (χ2n) is 4.20. The quantitative estimate of drug-likeness (QED) is 0.585. The Bertz CT molecular complexity index is 403. The highest BCUT2D eigenvalue weighted by Crippen LogP contribution is 2.21. The summed E-state index contributed by atoms with van der Waals surface area (Å²) in [4.78, 5) is 0. The smallest absolute Gasteiger partial charge is 0.0867 e. The zero-order chi connectivity index (χ0) is 12.7. The molecule has 0 aliphatic heterocycles.